The average Bonchev–Trinajstić information content (AvgIpc) is 2.43. The summed E-state index contributed by atoms with van der Waals surface area (Å²) in [6.07, 6.45) is 0. The van der Waals surface area contributed by atoms with E-state index in [1.165, 1.54) is 13.2 Å². The molecule has 0 spiro atoms. The Morgan fingerprint density at radius 2 is 2.00 bits per heavy atom. The predicted octanol–water partition coefficient (Wildman–Crippen LogP) is 4.40. The monoisotopic (exact) mass is 373 g/mol. The van der Waals surface area contributed by atoms with Crippen LogP contribution in [0, 0.1) is 5.82 Å². The van der Waals surface area contributed by atoms with E-state index in [4.69, 9.17) is 22.1 Å². The molecule has 0 fully saturated rings. The maximum absolute atomic E-state index is 13.9. The quantitative estimate of drug-likeness (QED) is 0.639. The van der Waals surface area contributed by atoms with Crippen LogP contribution in [0.25, 0.3) is 0 Å². The van der Waals surface area contributed by atoms with Gasteiger partial charge >= 0.3 is 5.97 Å². The van der Waals surface area contributed by atoms with Gasteiger partial charge in [0, 0.05) is 22.3 Å². The van der Waals surface area contributed by atoms with Gasteiger partial charge in [-0.05, 0) is 18.2 Å². The molecule has 0 heterocycles. The first-order valence-electron chi connectivity index (χ1n) is 5.72. The minimum absolute atomic E-state index is 0.0159. The smallest absolute Gasteiger partial charge is 0.340 e. The number of anilines is 1. The van der Waals surface area contributed by atoms with Crippen molar-refractivity contribution in [1.82, 2.24) is 0 Å². The Balaban J connectivity index is 2.42. The molecule has 0 unspecified atom stereocenters. The highest BCUT2D eigenvalue weighted by atomic mass is 79.9. The molecule has 0 aliphatic carbocycles. The Morgan fingerprint density at radius 1 is 1.29 bits per heavy atom. The van der Waals surface area contributed by atoms with E-state index in [0.29, 0.717) is 5.02 Å². The van der Waals surface area contributed by atoms with Gasteiger partial charge in [-0.1, -0.05) is 27.5 Å². The molecular weight excluding hydrogens is 365 g/mol. The molecule has 110 valence electrons. The van der Waals surface area contributed by atoms with Gasteiger partial charge in [-0.15, -0.1) is 0 Å². The lowest BCUT2D eigenvalue weighted by atomic mass is 10.1. The first kappa shape index (κ1) is 15.6. The molecule has 7 heteroatoms. The van der Waals surface area contributed by atoms with Crippen LogP contribution in [0.3, 0.4) is 0 Å². The highest BCUT2D eigenvalue weighted by Crippen LogP contribution is 2.34. The number of benzene rings is 2. The van der Waals surface area contributed by atoms with Crippen LogP contribution in [-0.4, -0.2) is 13.1 Å². The second-order valence-corrected chi connectivity index (χ2v) is 5.36. The number of esters is 1. The number of methoxy groups -OCH3 is 1. The molecule has 0 radical (unpaired) electrons. The summed E-state index contributed by atoms with van der Waals surface area (Å²) in [5, 5.41) is 0.292. The third-order valence-electron chi connectivity index (χ3n) is 2.62. The first-order valence-corrected chi connectivity index (χ1v) is 6.89. The molecule has 4 nitrogen and oxygen atoms in total. The zero-order valence-corrected chi connectivity index (χ0v) is 13.2. The summed E-state index contributed by atoms with van der Waals surface area (Å²) in [5.74, 6) is -1.31. The topological polar surface area (TPSA) is 61.5 Å². The number of nitrogen functional groups attached to an aromatic ring is 1. The van der Waals surface area contributed by atoms with Crippen molar-refractivity contribution in [3.8, 4) is 11.5 Å². The van der Waals surface area contributed by atoms with E-state index in [0.717, 1.165) is 10.5 Å². The van der Waals surface area contributed by atoms with Crippen LogP contribution in [0.2, 0.25) is 5.02 Å². The molecule has 0 atom stereocenters. The molecule has 0 saturated heterocycles. The Hall–Kier alpha value is -1.79. The summed E-state index contributed by atoms with van der Waals surface area (Å²) in [6, 6.07) is 7.04. The standard InChI is InChI=1S/C14H10BrClFNO3/c1-20-14(19)8-5-13(10(17)6-11(8)18)21-12-3-2-7(15)4-9(12)16/h2-6H,18H2,1H3. The molecule has 21 heavy (non-hydrogen) atoms. The van der Waals surface area contributed by atoms with Crippen LogP contribution in [0.1, 0.15) is 10.4 Å². The normalized spacial score (nSPS) is 10.3. The van der Waals surface area contributed by atoms with Gasteiger partial charge in [0.25, 0.3) is 0 Å². The van der Waals surface area contributed by atoms with Gasteiger partial charge in [0.15, 0.2) is 11.6 Å². The largest absolute Gasteiger partial charge is 0.465 e. The summed E-state index contributed by atoms with van der Waals surface area (Å²) in [6.45, 7) is 0. The zero-order valence-electron chi connectivity index (χ0n) is 10.8. The fourth-order valence-electron chi connectivity index (χ4n) is 1.61. The van der Waals surface area contributed by atoms with Crippen molar-refractivity contribution >= 4 is 39.2 Å². The molecule has 0 aromatic heterocycles. The van der Waals surface area contributed by atoms with Gasteiger partial charge in [0.1, 0.15) is 5.75 Å². The molecule has 2 N–H and O–H groups in total. The number of nitrogens with two attached hydrogens (primary N) is 1. The van der Waals surface area contributed by atoms with Crippen LogP contribution in [0.15, 0.2) is 34.8 Å². The van der Waals surface area contributed by atoms with E-state index in [-0.39, 0.29) is 22.7 Å². The number of halogens is 3. The van der Waals surface area contributed by atoms with Gasteiger partial charge in [0.05, 0.1) is 17.7 Å². The second kappa shape index (κ2) is 6.32. The molecule has 0 amide bonds. The van der Waals surface area contributed by atoms with Gasteiger partial charge in [-0.2, -0.15) is 0 Å². The Morgan fingerprint density at radius 3 is 2.62 bits per heavy atom. The minimum atomic E-state index is -0.709. The van der Waals surface area contributed by atoms with Crippen molar-refractivity contribution in [1.29, 1.82) is 0 Å². The maximum atomic E-state index is 13.9. The van der Waals surface area contributed by atoms with Crippen LogP contribution in [0.5, 0.6) is 11.5 Å². The third kappa shape index (κ3) is 3.46. The third-order valence-corrected chi connectivity index (χ3v) is 3.41. The van der Waals surface area contributed by atoms with E-state index in [9.17, 15) is 9.18 Å². The Labute approximate surface area is 133 Å². The number of hydrogen-bond donors (Lipinski definition) is 1. The van der Waals surface area contributed by atoms with Crippen molar-refractivity contribution in [3.63, 3.8) is 0 Å². The molecule has 0 aliphatic rings. The summed E-state index contributed by atoms with van der Waals surface area (Å²) < 4.78 is 24.6. The molecule has 2 rings (SSSR count). The van der Waals surface area contributed by atoms with E-state index < -0.39 is 11.8 Å². The number of carbonyl (C=O) groups excluding carboxylic acids is 1. The fourth-order valence-corrected chi connectivity index (χ4v) is 2.32. The lowest BCUT2D eigenvalue weighted by Gasteiger charge is -2.11. The maximum Gasteiger partial charge on any atom is 0.340 e. The summed E-state index contributed by atoms with van der Waals surface area (Å²) >= 11 is 9.25. The van der Waals surface area contributed by atoms with Crippen molar-refractivity contribution in [2.45, 2.75) is 0 Å². The average molecular weight is 375 g/mol. The summed E-state index contributed by atoms with van der Waals surface area (Å²) in [7, 11) is 1.21. The summed E-state index contributed by atoms with van der Waals surface area (Å²) in [4.78, 5) is 11.5. The number of hydrogen-bond acceptors (Lipinski definition) is 4. The van der Waals surface area contributed by atoms with Gasteiger partial charge < -0.3 is 15.2 Å². The fraction of sp³-hybridized carbons (Fsp3) is 0.0714. The Kier molecular flexibility index (Phi) is 4.69. The highest BCUT2D eigenvalue weighted by Gasteiger charge is 2.16. The van der Waals surface area contributed by atoms with Crippen LogP contribution >= 0.6 is 27.5 Å². The lowest BCUT2D eigenvalue weighted by Crippen LogP contribution is -2.06. The van der Waals surface area contributed by atoms with Gasteiger partial charge in [0.2, 0.25) is 0 Å². The number of carbonyl (C=O) groups is 1. The Bertz CT molecular complexity index is 709. The van der Waals surface area contributed by atoms with Crippen LogP contribution in [-0.2, 0) is 4.74 Å². The van der Waals surface area contributed by atoms with Crippen molar-refractivity contribution < 1.29 is 18.7 Å². The highest BCUT2D eigenvalue weighted by molar-refractivity contribution is 9.10. The SMILES string of the molecule is COC(=O)c1cc(Oc2ccc(Br)cc2Cl)c(F)cc1N. The molecule has 0 saturated carbocycles. The second-order valence-electron chi connectivity index (χ2n) is 4.04. The van der Waals surface area contributed by atoms with E-state index >= 15 is 0 Å². The first-order chi connectivity index (χ1) is 9.92. The number of ether oxygens (including phenoxy) is 2. The van der Waals surface area contributed by atoms with E-state index in [1.807, 2.05) is 0 Å². The van der Waals surface area contributed by atoms with E-state index in [1.54, 1.807) is 18.2 Å². The van der Waals surface area contributed by atoms with Crippen LogP contribution in [0.4, 0.5) is 10.1 Å². The molecule has 2 aromatic rings. The number of rotatable bonds is 3. The van der Waals surface area contributed by atoms with Crippen molar-refractivity contribution in [2.75, 3.05) is 12.8 Å². The van der Waals surface area contributed by atoms with Crippen molar-refractivity contribution in [3.05, 3.63) is 51.2 Å². The van der Waals surface area contributed by atoms with Gasteiger partial charge in [-0.3, -0.25) is 0 Å². The van der Waals surface area contributed by atoms with Crippen LogP contribution < -0.4 is 10.5 Å². The lowest BCUT2D eigenvalue weighted by molar-refractivity contribution is 0.0601. The molecule has 2 aromatic carbocycles. The minimum Gasteiger partial charge on any atom is -0.465 e. The van der Waals surface area contributed by atoms with E-state index in [2.05, 4.69) is 20.7 Å². The molecule has 0 aliphatic heterocycles. The predicted molar refractivity (Wildman–Crippen MR) is 81.4 cm³/mol. The summed E-state index contributed by atoms with van der Waals surface area (Å²) in [5.41, 5.74) is 5.56. The van der Waals surface area contributed by atoms with Crippen molar-refractivity contribution in [2.24, 2.45) is 0 Å². The molecular formula is C14H10BrClFNO3. The zero-order chi connectivity index (χ0) is 15.6. The molecule has 0 bridgehead atoms. The van der Waals surface area contributed by atoms with Gasteiger partial charge in [-0.25, -0.2) is 9.18 Å².